The van der Waals surface area contributed by atoms with Gasteiger partial charge in [0.15, 0.2) is 5.16 Å². The number of rotatable bonds is 6. The summed E-state index contributed by atoms with van der Waals surface area (Å²) in [6, 6.07) is 8.36. The van der Waals surface area contributed by atoms with E-state index in [-0.39, 0.29) is 29.6 Å². The van der Waals surface area contributed by atoms with Gasteiger partial charge < -0.3 is 24.9 Å². The molecule has 0 radical (unpaired) electrons. The van der Waals surface area contributed by atoms with Crippen LogP contribution in [0.4, 0.5) is 20.7 Å². The Hall–Kier alpha value is -2.79. The minimum atomic E-state index is -0.248. The van der Waals surface area contributed by atoms with Gasteiger partial charge in [0.2, 0.25) is 5.91 Å². The average molecular weight is 536 g/mol. The molecule has 0 aliphatic carbocycles. The molecule has 0 spiro atoms. The van der Waals surface area contributed by atoms with Crippen LogP contribution in [0.2, 0.25) is 5.15 Å². The summed E-state index contributed by atoms with van der Waals surface area (Å²) >= 11 is 7.53. The molecule has 1 N–H and O–H groups in total. The summed E-state index contributed by atoms with van der Waals surface area (Å²) in [5.41, 5.74) is 0.569. The second kappa shape index (κ2) is 12.0. The molecule has 2 aliphatic heterocycles. The third-order valence-corrected chi connectivity index (χ3v) is 7.38. The average Bonchev–Trinajstić information content (AvgIpc) is 2.87. The molecule has 194 valence electrons. The van der Waals surface area contributed by atoms with Crippen molar-refractivity contribution >= 4 is 46.8 Å². The number of urea groups is 1. The molecule has 1 aromatic heterocycles. The van der Waals surface area contributed by atoms with Crippen LogP contribution >= 0.6 is 23.4 Å². The standard InChI is InChI=1S/C24H31ClFN7O2S/c1-3-27-24(35)33-13-12-32(15-17(33)2)21-14-20(25)28-23(29-21)36-16-22(34)31-10-8-30(9-11-31)19-7-5-4-6-18(19)26/h4-7,14,17H,3,8-13,15-16H2,1-2H3,(H,27,35). The minimum absolute atomic E-state index is 0.0116. The summed E-state index contributed by atoms with van der Waals surface area (Å²) in [6.07, 6.45) is 0. The van der Waals surface area contributed by atoms with E-state index >= 15 is 0 Å². The number of carbonyl (C=O) groups excluding carboxylic acids is 2. The Balaban J connectivity index is 1.31. The highest BCUT2D eigenvalue weighted by molar-refractivity contribution is 7.99. The van der Waals surface area contributed by atoms with Crippen molar-refractivity contribution in [2.45, 2.75) is 25.0 Å². The van der Waals surface area contributed by atoms with Crippen LogP contribution in [0, 0.1) is 5.82 Å². The maximum Gasteiger partial charge on any atom is 0.317 e. The van der Waals surface area contributed by atoms with E-state index in [0.29, 0.717) is 74.2 Å². The summed E-state index contributed by atoms with van der Waals surface area (Å²) in [5.74, 6) is 0.621. The molecule has 1 unspecified atom stereocenters. The lowest BCUT2D eigenvalue weighted by Gasteiger charge is -2.40. The van der Waals surface area contributed by atoms with E-state index in [0.717, 1.165) is 0 Å². The molecular formula is C24H31ClFN7O2S. The van der Waals surface area contributed by atoms with Gasteiger partial charge in [-0.3, -0.25) is 4.79 Å². The molecule has 2 fully saturated rings. The van der Waals surface area contributed by atoms with Crippen LogP contribution in [0.3, 0.4) is 0 Å². The van der Waals surface area contributed by atoms with Crippen LogP contribution in [0.25, 0.3) is 0 Å². The first kappa shape index (κ1) is 26.3. The van der Waals surface area contributed by atoms with Crippen LogP contribution in [0.5, 0.6) is 0 Å². The van der Waals surface area contributed by atoms with Gasteiger partial charge in [0, 0.05) is 64.5 Å². The number of thioether (sulfide) groups is 1. The number of piperazine rings is 2. The van der Waals surface area contributed by atoms with Crippen molar-refractivity contribution in [2.75, 3.05) is 67.9 Å². The number of halogens is 2. The number of aromatic nitrogens is 2. The van der Waals surface area contributed by atoms with Crippen molar-refractivity contribution in [1.29, 1.82) is 0 Å². The monoisotopic (exact) mass is 535 g/mol. The Morgan fingerprint density at radius 3 is 2.53 bits per heavy atom. The molecule has 1 atom stereocenters. The fourth-order valence-electron chi connectivity index (χ4n) is 4.45. The number of anilines is 2. The van der Waals surface area contributed by atoms with Gasteiger partial charge in [-0.2, -0.15) is 0 Å². The zero-order valence-corrected chi connectivity index (χ0v) is 22.1. The molecule has 2 aliphatic rings. The van der Waals surface area contributed by atoms with Gasteiger partial charge in [0.05, 0.1) is 11.4 Å². The van der Waals surface area contributed by atoms with Gasteiger partial charge in [0.25, 0.3) is 0 Å². The summed E-state index contributed by atoms with van der Waals surface area (Å²) in [7, 11) is 0. The normalized spacial score (nSPS) is 18.4. The van der Waals surface area contributed by atoms with E-state index < -0.39 is 0 Å². The smallest absolute Gasteiger partial charge is 0.317 e. The van der Waals surface area contributed by atoms with E-state index in [1.807, 2.05) is 29.7 Å². The SMILES string of the molecule is CCNC(=O)N1CCN(c2cc(Cl)nc(SCC(=O)N3CCN(c4ccccc4F)CC3)n2)CC1C. The minimum Gasteiger partial charge on any atom is -0.366 e. The highest BCUT2D eigenvalue weighted by atomic mass is 35.5. The van der Waals surface area contributed by atoms with Gasteiger partial charge in [-0.25, -0.2) is 19.2 Å². The van der Waals surface area contributed by atoms with Gasteiger partial charge in [0.1, 0.15) is 16.8 Å². The highest BCUT2D eigenvalue weighted by Crippen LogP contribution is 2.25. The fourth-order valence-corrected chi connectivity index (χ4v) is 5.44. The topological polar surface area (TPSA) is 84.9 Å². The fraction of sp³-hybridized carbons (Fsp3) is 0.500. The zero-order chi connectivity index (χ0) is 25.7. The molecular weight excluding hydrogens is 505 g/mol. The van der Waals surface area contributed by atoms with E-state index in [9.17, 15) is 14.0 Å². The van der Waals surface area contributed by atoms with Gasteiger partial charge in [-0.1, -0.05) is 35.5 Å². The molecule has 2 aromatic rings. The number of para-hydroxylation sites is 1. The number of amides is 3. The Kier molecular flexibility index (Phi) is 8.73. The number of hydrogen-bond acceptors (Lipinski definition) is 7. The van der Waals surface area contributed by atoms with E-state index in [2.05, 4.69) is 20.2 Å². The van der Waals surface area contributed by atoms with Gasteiger partial charge >= 0.3 is 6.03 Å². The third-order valence-electron chi connectivity index (χ3n) is 6.35. The lowest BCUT2D eigenvalue weighted by atomic mass is 10.2. The van der Waals surface area contributed by atoms with E-state index in [4.69, 9.17) is 11.6 Å². The van der Waals surface area contributed by atoms with Crippen molar-refractivity contribution in [2.24, 2.45) is 0 Å². The lowest BCUT2D eigenvalue weighted by Crippen LogP contribution is -2.56. The maximum atomic E-state index is 14.1. The Morgan fingerprint density at radius 2 is 1.83 bits per heavy atom. The van der Waals surface area contributed by atoms with Crippen molar-refractivity contribution in [1.82, 2.24) is 25.1 Å². The van der Waals surface area contributed by atoms with Crippen molar-refractivity contribution < 1.29 is 14.0 Å². The number of nitrogens with zero attached hydrogens (tertiary/aromatic N) is 6. The second-order valence-corrected chi connectivity index (χ2v) is 10.1. The predicted octanol–water partition coefficient (Wildman–Crippen LogP) is 2.95. The number of hydrogen-bond donors (Lipinski definition) is 1. The second-order valence-electron chi connectivity index (χ2n) is 8.76. The van der Waals surface area contributed by atoms with Crippen LogP contribution in [0.15, 0.2) is 35.5 Å². The molecule has 9 nitrogen and oxygen atoms in total. The summed E-state index contributed by atoms with van der Waals surface area (Å²) in [6.45, 7) is 8.55. The number of carbonyl (C=O) groups is 2. The first-order valence-electron chi connectivity index (χ1n) is 12.1. The van der Waals surface area contributed by atoms with Gasteiger partial charge in [-0.15, -0.1) is 0 Å². The third kappa shape index (κ3) is 6.31. The lowest BCUT2D eigenvalue weighted by molar-refractivity contribution is -0.128. The molecule has 3 heterocycles. The van der Waals surface area contributed by atoms with E-state index in [1.165, 1.54) is 17.8 Å². The quantitative estimate of drug-likeness (QED) is 0.346. The van der Waals surface area contributed by atoms with Crippen molar-refractivity contribution in [3.8, 4) is 0 Å². The van der Waals surface area contributed by atoms with Crippen LogP contribution in [-0.4, -0.2) is 95.9 Å². The number of nitrogens with one attached hydrogen (secondary N) is 1. The van der Waals surface area contributed by atoms with E-state index in [1.54, 1.807) is 23.1 Å². The Morgan fingerprint density at radius 1 is 1.11 bits per heavy atom. The van der Waals surface area contributed by atoms with Crippen LogP contribution in [-0.2, 0) is 4.79 Å². The molecule has 12 heteroatoms. The predicted molar refractivity (Wildman–Crippen MR) is 140 cm³/mol. The summed E-state index contributed by atoms with van der Waals surface area (Å²) < 4.78 is 14.1. The summed E-state index contributed by atoms with van der Waals surface area (Å²) in [5, 5.41) is 3.60. The van der Waals surface area contributed by atoms with Gasteiger partial charge in [-0.05, 0) is 26.0 Å². The first-order chi connectivity index (χ1) is 17.4. The largest absolute Gasteiger partial charge is 0.366 e. The maximum absolute atomic E-state index is 14.1. The Bertz CT molecular complexity index is 1090. The molecule has 0 saturated carbocycles. The number of benzene rings is 1. The zero-order valence-electron chi connectivity index (χ0n) is 20.5. The Labute approximate surface area is 220 Å². The highest BCUT2D eigenvalue weighted by Gasteiger charge is 2.28. The molecule has 4 rings (SSSR count). The summed E-state index contributed by atoms with van der Waals surface area (Å²) in [4.78, 5) is 41.6. The molecule has 1 aromatic carbocycles. The molecule has 2 saturated heterocycles. The van der Waals surface area contributed by atoms with Crippen LogP contribution in [0.1, 0.15) is 13.8 Å². The molecule has 0 bridgehead atoms. The molecule has 3 amide bonds. The first-order valence-corrected chi connectivity index (χ1v) is 13.5. The van der Waals surface area contributed by atoms with Crippen molar-refractivity contribution in [3.05, 3.63) is 41.3 Å². The van der Waals surface area contributed by atoms with Crippen LogP contribution < -0.4 is 15.1 Å². The molecule has 36 heavy (non-hydrogen) atoms. The van der Waals surface area contributed by atoms with Crippen molar-refractivity contribution in [3.63, 3.8) is 0 Å².